The van der Waals surface area contributed by atoms with E-state index in [1.165, 1.54) is 25.0 Å². The third-order valence-corrected chi connectivity index (χ3v) is 3.60. The molecule has 0 radical (unpaired) electrons. The van der Waals surface area contributed by atoms with Crippen molar-refractivity contribution in [3.63, 3.8) is 0 Å². The van der Waals surface area contributed by atoms with Gasteiger partial charge in [-0.15, -0.1) is 0 Å². The van der Waals surface area contributed by atoms with Crippen LogP contribution < -0.4 is 0 Å². The maximum atomic E-state index is 2.31. The van der Waals surface area contributed by atoms with Crippen LogP contribution in [-0.2, 0) is 6.42 Å². The van der Waals surface area contributed by atoms with Gasteiger partial charge in [-0.05, 0) is 48.3 Å². The van der Waals surface area contributed by atoms with Gasteiger partial charge in [-0.25, -0.2) is 0 Å². The molecule has 0 N–H and O–H groups in total. The molecule has 1 aromatic rings. The van der Waals surface area contributed by atoms with Gasteiger partial charge in [-0.2, -0.15) is 11.8 Å². The quantitative estimate of drug-likeness (QED) is 0.691. The molecule has 0 fully saturated rings. The van der Waals surface area contributed by atoms with E-state index in [1.54, 1.807) is 11.1 Å². The molecule has 0 nitrogen and oxygen atoms in total. The molecule has 1 aliphatic carbocycles. The van der Waals surface area contributed by atoms with E-state index in [9.17, 15) is 0 Å². The third-order valence-electron chi connectivity index (χ3n) is 2.86. The van der Waals surface area contributed by atoms with Crippen molar-refractivity contribution in [2.75, 3.05) is 12.0 Å². The number of benzene rings is 1. The van der Waals surface area contributed by atoms with Gasteiger partial charge in [0.1, 0.15) is 0 Å². The van der Waals surface area contributed by atoms with E-state index in [2.05, 4.69) is 30.5 Å². The molecular weight excluding hydrogens is 176 g/mol. The summed E-state index contributed by atoms with van der Waals surface area (Å²) in [6, 6.07) is 8.95. The van der Waals surface area contributed by atoms with Crippen LogP contribution in [0.5, 0.6) is 0 Å². The first-order chi connectivity index (χ1) is 6.42. The van der Waals surface area contributed by atoms with Crippen LogP contribution in [0.2, 0.25) is 0 Å². The number of thioether (sulfide) groups is 1. The lowest BCUT2D eigenvalue weighted by Gasteiger charge is -2.24. The molecule has 0 spiro atoms. The van der Waals surface area contributed by atoms with E-state index in [1.807, 2.05) is 11.8 Å². The molecule has 1 aliphatic rings. The van der Waals surface area contributed by atoms with Crippen LogP contribution in [0.3, 0.4) is 0 Å². The standard InChI is InChI=1S/C12H16S/c1-13-9-11-7-4-6-10-5-2-3-8-12(10)11/h2-3,5,8,11H,4,6-7,9H2,1H3. The predicted molar refractivity (Wildman–Crippen MR) is 60.5 cm³/mol. The molecule has 0 bridgehead atoms. The summed E-state index contributed by atoms with van der Waals surface area (Å²) in [4.78, 5) is 0. The van der Waals surface area contributed by atoms with Crippen molar-refractivity contribution >= 4 is 11.8 Å². The maximum Gasteiger partial charge on any atom is -0.000121 e. The van der Waals surface area contributed by atoms with Crippen LogP contribution in [0, 0.1) is 0 Å². The fourth-order valence-corrected chi connectivity index (χ4v) is 2.98. The lowest BCUT2D eigenvalue weighted by Crippen LogP contribution is -2.11. The van der Waals surface area contributed by atoms with Crippen LogP contribution in [-0.4, -0.2) is 12.0 Å². The van der Waals surface area contributed by atoms with E-state index < -0.39 is 0 Å². The molecule has 2 rings (SSSR count). The van der Waals surface area contributed by atoms with Gasteiger partial charge in [0.2, 0.25) is 0 Å². The van der Waals surface area contributed by atoms with Crippen molar-refractivity contribution < 1.29 is 0 Å². The Kier molecular flexibility index (Phi) is 2.94. The lowest BCUT2D eigenvalue weighted by atomic mass is 9.84. The van der Waals surface area contributed by atoms with Gasteiger partial charge in [0.25, 0.3) is 0 Å². The minimum atomic E-state index is 0.819. The fourth-order valence-electron chi connectivity index (χ4n) is 2.23. The summed E-state index contributed by atoms with van der Waals surface area (Å²) in [5, 5.41) is 0. The zero-order valence-corrected chi connectivity index (χ0v) is 8.94. The molecule has 13 heavy (non-hydrogen) atoms. The topological polar surface area (TPSA) is 0 Å². The summed E-state index contributed by atoms with van der Waals surface area (Å²) >= 11 is 1.97. The van der Waals surface area contributed by atoms with Gasteiger partial charge in [0.05, 0.1) is 0 Å². The molecule has 0 heterocycles. The number of aryl methyl sites for hydroxylation is 1. The Bertz CT molecular complexity index is 280. The second-order valence-electron chi connectivity index (χ2n) is 3.74. The molecule has 1 atom stereocenters. The highest BCUT2D eigenvalue weighted by Crippen LogP contribution is 2.33. The second-order valence-corrected chi connectivity index (χ2v) is 4.65. The number of hydrogen-bond donors (Lipinski definition) is 0. The molecular formula is C12H16S. The maximum absolute atomic E-state index is 2.31. The average Bonchev–Trinajstić information content (AvgIpc) is 2.19. The first-order valence-electron chi connectivity index (χ1n) is 4.98. The van der Waals surface area contributed by atoms with E-state index in [4.69, 9.17) is 0 Å². The summed E-state index contributed by atoms with van der Waals surface area (Å²) in [6.07, 6.45) is 6.26. The minimum Gasteiger partial charge on any atom is -0.165 e. The van der Waals surface area contributed by atoms with E-state index in [-0.39, 0.29) is 0 Å². The summed E-state index contributed by atoms with van der Waals surface area (Å²) in [5.74, 6) is 2.11. The Hall–Kier alpha value is -0.430. The SMILES string of the molecule is CSCC1CCCc2ccccc21. The molecule has 0 aromatic heterocycles. The van der Waals surface area contributed by atoms with Gasteiger partial charge in [-0.1, -0.05) is 24.3 Å². The smallest absolute Gasteiger partial charge is 0.000121 e. The van der Waals surface area contributed by atoms with Gasteiger partial charge >= 0.3 is 0 Å². The summed E-state index contributed by atoms with van der Waals surface area (Å²) in [5.41, 5.74) is 3.20. The second kappa shape index (κ2) is 4.19. The van der Waals surface area contributed by atoms with Crippen molar-refractivity contribution in [2.45, 2.75) is 25.2 Å². The molecule has 0 amide bonds. The molecule has 1 heteroatoms. The lowest BCUT2D eigenvalue weighted by molar-refractivity contribution is 0.597. The monoisotopic (exact) mass is 192 g/mol. The highest BCUT2D eigenvalue weighted by Gasteiger charge is 2.18. The number of rotatable bonds is 2. The molecule has 0 saturated heterocycles. The molecule has 0 saturated carbocycles. The number of fused-ring (bicyclic) bond motifs is 1. The summed E-state index contributed by atoms with van der Waals surface area (Å²) < 4.78 is 0. The summed E-state index contributed by atoms with van der Waals surface area (Å²) in [6.45, 7) is 0. The van der Waals surface area contributed by atoms with Crippen molar-refractivity contribution in [3.05, 3.63) is 35.4 Å². The summed E-state index contributed by atoms with van der Waals surface area (Å²) in [7, 11) is 0. The zero-order chi connectivity index (χ0) is 9.10. The van der Waals surface area contributed by atoms with Crippen LogP contribution in [0.4, 0.5) is 0 Å². The van der Waals surface area contributed by atoms with Gasteiger partial charge in [-0.3, -0.25) is 0 Å². The Morgan fingerprint density at radius 1 is 1.38 bits per heavy atom. The third kappa shape index (κ3) is 1.91. The van der Waals surface area contributed by atoms with E-state index >= 15 is 0 Å². The van der Waals surface area contributed by atoms with Crippen LogP contribution in [0.25, 0.3) is 0 Å². The van der Waals surface area contributed by atoms with Crippen molar-refractivity contribution in [1.29, 1.82) is 0 Å². The molecule has 1 aromatic carbocycles. The molecule has 1 unspecified atom stereocenters. The van der Waals surface area contributed by atoms with Crippen LogP contribution in [0.1, 0.15) is 29.9 Å². The predicted octanol–water partition coefficient (Wildman–Crippen LogP) is 3.47. The van der Waals surface area contributed by atoms with Crippen LogP contribution >= 0.6 is 11.8 Å². The first-order valence-corrected chi connectivity index (χ1v) is 6.38. The zero-order valence-electron chi connectivity index (χ0n) is 8.12. The largest absolute Gasteiger partial charge is 0.165 e. The van der Waals surface area contributed by atoms with Gasteiger partial charge < -0.3 is 0 Å². The first kappa shape index (κ1) is 9.14. The number of hydrogen-bond acceptors (Lipinski definition) is 1. The van der Waals surface area contributed by atoms with Crippen molar-refractivity contribution in [2.24, 2.45) is 0 Å². The fraction of sp³-hybridized carbons (Fsp3) is 0.500. The van der Waals surface area contributed by atoms with Crippen molar-refractivity contribution in [1.82, 2.24) is 0 Å². The van der Waals surface area contributed by atoms with E-state index in [0.717, 1.165) is 5.92 Å². The van der Waals surface area contributed by atoms with Crippen molar-refractivity contribution in [3.8, 4) is 0 Å². The Morgan fingerprint density at radius 3 is 3.08 bits per heavy atom. The Labute approximate surface area is 84.7 Å². The minimum absolute atomic E-state index is 0.819. The van der Waals surface area contributed by atoms with Gasteiger partial charge in [0.15, 0.2) is 0 Å². The van der Waals surface area contributed by atoms with Crippen LogP contribution in [0.15, 0.2) is 24.3 Å². The Balaban J connectivity index is 2.26. The average molecular weight is 192 g/mol. The normalized spacial score (nSPS) is 21.2. The highest BCUT2D eigenvalue weighted by atomic mass is 32.2. The Morgan fingerprint density at radius 2 is 2.23 bits per heavy atom. The highest BCUT2D eigenvalue weighted by molar-refractivity contribution is 7.98. The molecule has 70 valence electrons. The molecule has 0 aliphatic heterocycles. The van der Waals surface area contributed by atoms with Gasteiger partial charge in [0, 0.05) is 0 Å². The van der Waals surface area contributed by atoms with E-state index in [0.29, 0.717) is 0 Å².